The molecule has 0 heterocycles. The number of hydrazine groups is 1. The molecule has 0 saturated carbocycles. The summed E-state index contributed by atoms with van der Waals surface area (Å²) in [5, 5.41) is 0. The number of rotatable bonds is 4. The Morgan fingerprint density at radius 3 is 2.33 bits per heavy atom. The van der Waals surface area contributed by atoms with E-state index in [0.29, 0.717) is 12.1 Å². The molecule has 2 aromatic carbocycles. The molecule has 92 valence electrons. The Labute approximate surface area is 114 Å². The van der Waals surface area contributed by atoms with Crippen LogP contribution in [-0.2, 0) is 6.54 Å². The van der Waals surface area contributed by atoms with Gasteiger partial charge in [0.15, 0.2) is 0 Å². The molecule has 2 N–H and O–H groups in total. The van der Waals surface area contributed by atoms with Crippen LogP contribution in [0.2, 0.25) is 0 Å². The van der Waals surface area contributed by atoms with E-state index in [1.807, 2.05) is 42.5 Å². The van der Waals surface area contributed by atoms with Crippen molar-refractivity contribution in [1.29, 1.82) is 0 Å². The summed E-state index contributed by atoms with van der Waals surface area (Å²) in [6.45, 7) is 0.600. The van der Waals surface area contributed by atoms with Crippen LogP contribution >= 0.6 is 15.9 Å². The number of nitrogens with one attached hydrogen (secondary N) is 2. The summed E-state index contributed by atoms with van der Waals surface area (Å²) in [6, 6.07) is 17.1. The molecule has 3 nitrogen and oxygen atoms in total. The third kappa shape index (κ3) is 3.68. The lowest BCUT2D eigenvalue weighted by Gasteiger charge is -2.07. The molecule has 0 aliphatic carbocycles. The predicted octanol–water partition coefficient (Wildman–Crippen LogP) is 2.88. The quantitative estimate of drug-likeness (QED) is 0.853. The fraction of sp³-hybridized carbons (Fsp3) is 0.0714. The molecular formula is C14H13BrN2O. The van der Waals surface area contributed by atoms with Gasteiger partial charge < -0.3 is 0 Å². The minimum absolute atomic E-state index is 0.140. The van der Waals surface area contributed by atoms with Gasteiger partial charge in [-0.1, -0.05) is 46.3 Å². The standard InChI is InChI=1S/C14H13BrN2O/c15-13-8-6-12(7-9-13)14(18)17-16-10-11-4-2-1-3-5-11/h1-9,16H,10H2,(H,17,18). The summed E-state index contributed by atoms with van der Waals surface area (Å²) in [6.07, 6.45) is 0. The Morgan fingerprint density at radius 2 is 1.67 bits per heavy atom. The molecule has 1 amide bonds. The second-order valence-corrected chi connectivity index (χ2v) is 4.72. The first kappa shape index (κ1) is 12.8. The lowest BCUT2D eigenvalue weighted by molar-refractivity contribution is 0.0932. The summed E-state index contributed by atoms with van der Waals surface area (Å²) in [5.41, 5.74) is 7.31. The van der Waals surface area contributed by atoms with Gasteiger partial charge in [0.2, 0.25) is 0 Å². The minimum Gasteiger partial charge on any atom is -0.287 e. The van der Waals surface area contributed by atoms with E-state index in [0.717, 1.165) is 10.0 Å². The first-order chi connectivity index (χ1) is 8.75. The zero-order valence-electron chi connectivity index (χ0n) is 9.69. The molecule has 0 spiro atoms. The van der Waals surface area contributed by atoms with Gasteiger partial charge in [0.05, 0.1) is 0 Å². The fourth-order valence-electron chi connectivity index (χ4n) is 1.50. The molecule has 0 fully saturated rings. The van der Waals surface area contributed by atoms with E-state index in [9.17, 15) is 4.79 Å². The van der Waals surface area contributed by atoms with Crippen LogP contribution < -0.4 is 10.9 Å². The van der Waals surface area contributed by atoms with Crippen molar-refractivity contribution >= 4 is 21.8 Å². The normalized spacial score (nSPS) is 10.1. The topological polar surface area (TPSA) is 41.1 Å². The predicted molar refractivity (Wildman–Crippen MR) is 74.9 cm³/mol. The zero-order valence-corrected chi connectivity index (χ0v) is 11.3. The summed E-state index contributed by atoms with van der Waals surface area (Å²) < 4.78 is 0.955. The molecule has 0 aliphatic rings. The molecule has 0 saturated heterocycles. The maximum Gasteiger partial charge on any atom is 0.265 e. The van der Waals surface area contributed by atoms with Gasteiger partial charge in [-0.3, -0.25) is 10.2 Å². The van der Waals surface area contributed by atoms with Crippen molar-refractivity contribution < 1.29 is 4.79 Å². The SMILES string of the molecule is O=C(NNCc1ccccc1)c1ccc(Br)cc1. The molecule has 0 atom stereocenters. The van der Waals surface area contributed by atoms with Crippen molar-refractivity contribution in [3.8, 4) is 0 Å². The molecule has 0 radical (unpaired) electrons. The minimum atomic E-state index is -0.140. The molecule has 0 aromatic heterocycles. The summed E-state index contributed by atoms with van der Waals surface area (Å²) in [7, 11) is 0. The third-order valence-corrected chi connectivity index (χ3v) is 2.97. The van der Waals surface area contributed by atoms with Crippen LogP contribution in [0.15, 0.2) is 59.1 Å². The molecule has 4 heteroatoms. The molecule has 0 unspecified atom stereocenters. The smallest absolute Gasteiger partial charge is 0.265 e. The number of hydrogen-bond donors (Lipinski definition) is 2. The number of benzene rings is 2. The highest BCUT2D eigenvalue weighted by Gasteiger charge is 2.03. The average Bonchev–Trinajstić information content (AvgIpc) is 2.40. The van der Waals surface area contributed by atoms with Crippen LogP contribution in [0.5, 0.6) is 0 Å². The lowest BCUT2D eigenvalue weighted by Crippen LogP contribution is -2.36. The zero-order chi connectivity index (χ0) is 12.8. The Bertz CT molecular complexity index is 511. The van der Waals surface area contributed by atoms with Gasteiger partial charge >= 0.3 is 0 Å². The van der Waals surface area contributed by atoms with Crippen LogP contribution in [0.4, 0.5) is 0 Å². The highest BCUT2D eigenvalue weighted by molar-refractivity contribution is 9.10. The maximum absolute atomic E-state index is 11.8. The monoisotopic (exact) mass is 304 g/mol. The highest BCUT2D eigenvalue weighted by Crippen LogP contribution is 2.10. The number of hydrogen-bond acceptors (Lipinski definition) is 2. The summed E-state index contributed by atoms with van der Waals surface area (Å²) >= 11 is 3.33. The molecule has 2 aromatic rings. The van der Waals surface area contributed by atoms with Crippen molar-refractivity contribution in [1.82, 2.24) is 10.9 Å². The third-order valence-electron chi connectivity index (χ3n) is 2.44. The molecule has 18 heavy (non-hydrogen) atoms. The van der Waals surface area contributed by atoms with Gasteiger partial charge in [0, 0.05) is 16.6 Å². The van der Waals surface area contributed by atoms with Crippen LogP contribution in [0.1, 0.15) is 15.9 Å². The summed E-state index contributed by atoms with van der Waals surface area (Å²) in [4.78, 5) is 11.8. The van der Waals surface area contributed by atoms with Crippen LogP contribution in [0.25, 0.3) is 0 Å². The van der Waals surface area contributed by atoms with Crippen molar-refractivity contribution in [3.63, 3.8) is 0 Å². The van der Waals surface area contributed by atoms with Gasteiger partial charge in [-0.2, -0.15) is 0 Å². The lowest BCUT2D eigenvalue weighted by atomic mass is 10.2. The van der Waals surface area contributed by atoms with E-state index in [4.69, 9.17) is 0 Å². The van der Waals surface area contributed by atoms with Gasteiger partial charge in [0.1, 0.15) is 0 Å². The van der Waals surface area contributed by atoms with Gasteiger partial charge in [-0.15, -0.1) is 0 Å². The molecule has 0 bridgehead atoms. The second-order valence-electron chi connectivity index (χ2n) is 3.80. The Balaban J connectivity index is 1.84. The fourth-order valence-corrected chi connectivity index (χ4v) is 1.76. The number of carbonyl (C=O) groups is 1. The van der Waals surface area contributed by atoms with Crippen molar-refractivity contribution in [3.05, 3.63) is 70.2 Å². The van der Waals surface area contributed by atoms with Crippen LogP contribution in [0, 0.1) is 0 Å². The van der Waals surface area contributed by atoms with E-state index in [1.54, 1.807) is 12.1 Å². The Kier molecular flexibility index (Phi) is 4.50. The highest BCUT2D eigenvalue weighted by atomic mass is 79.9. The Hall–Kier alpha value is -1.65. The molecule has 2 rings (SSSR count). The first-order valence-corrected chi connectivity index (χ1v) is 6.38. The van der Waals surface area contributed by atoms with Crippen molar-refractivity contribution in [2.75, 3.05) is 0 Å². The van der Waals surface area contributed by atoms with E-state index in [-0.39, 0.29) is 5.91 Å². The molecular weight excluding hydrogens is 292 g/mol. The van der Waals surface area contributed by atoms with Crippen molar-refractivity contribution in [2.24, 2.45) is 0 Å². The number of carbonyl (C=O) groups excluding carboxylic acids is 1. The molecule has 0 aliphatic heterocycles. The number of amides is 1. The van der Waals surface area contributed by atoms with Crippen LogP contribution in [0.3, 0.4) is 0 Å². The first-order valence-electron chi connectivity index (χ1n) is 5.58. The maximum atomic E-state index is 11.8. The van der Waals surface area contributed by atoms with Gasteiger partial charge in [0.25, 0.3) is 5.91 Å². The van der Waals surface area contributed by atoms with E-state index in [1.165, 1.54) is 0 Å². The van der Waals surface area contributed by atoms with E-state index >= 15 is 0 Å². The summed E-state index contributed by atoms with van der Waals surface area (Å²) in [5.74, 6) is -0.140. The van der Waals surface area contributed by atoms with Gasteiger partial charge in [-0.25, -0.2) is 5.43 Å². The van der Waals surface area contributed by atoms with E-state index < -0.39 is 0 Å². The average molecular weight is 305 g/mol. The van der Waals surface area contributed by atoms with E-state index in [2.05, 4.69) is 26.8 Å². The second kappa shape index (κ2) is 6.33. The van der Waals surface area contributed by atoms with Crippen molar-refractivity contribution in [2.45, 2.75) is 6.54 Å². The largest absolute Gasteiger partial charge is 0.287 e. The Morgan fingerprint density at radius 1 is 1.00 bits per heavy atom. The van der Waals surface area contributed by atoms with Crippen LogP contribution in [-0.4, -0.2) is 5.91 Å². The van der Waals surface area contributed by atoms with Gasteiger partial charge in [-0.05, 0) is 29.8 Å². The number of halogens is 1.